The summed E-state index contributed by atoms with van der Waals surface area (Å²) < 4.78 is 36.4. The second kappa shape index (κ2) is 8.77. The molecule has 0 saturated carbocycles. The van der Waals surface area contributed by atoms with E-state index in [-0.39, 0.29) is 103 Å². The van der Waals surface area contributed by atoms with Crippen molar-refractivity contribution in [1.29, 1.82) is 0 Å². The van der Waals surface area contributed by atoms with Crippen LogP contribution in [0.3, 0.4) is 0 Å². The van der Waals surface area contributed by atoms with Crippen LogP contribution in [0.25, 0.3) is 0 Å². The molecule has 0 aromatic heterocycles. The Morgan fingerprint density at radius 2 is 0.867 bits per heavy atom. The maximum atomic E-state index is 10.4. The van der Waals surface area contributed by atoms with E-state index in [0.717, 1.165) is 0 Å². The standard InChI is InChI=1S/2K.H5O10P3.2H/c;;1-11(2,3)9-13(7,8)10-12(4,5)6;;/h;;(H,7,8)(H2,1,2,3)(H2,4,5,6);;. The predicted molar refractivity (Wildman–Crippen MR) is 50.4 cm³/mol. The molecule has 0 unspecified atom stereocenters. The van der Waals surface area contributed by atoms with E-state index in [1.807, 2.05) is 0 Å². The van der Waals surface area contributed by atoms with E-state index in [1.54, 1.807) is 0 Å². The monoisotopic (exact) mass is 338 g/mol. The maximum absolute atomic E-state index is 10.4. The van der Waals surface area contributed by atoms with Crippen molar-refractivity contribution in [3.05, 3.63) is 0 Å². The summed E-state index contributed by atoms with van der Waals surface area (Å²) >= 11 is 0. The van der Waals surface area contributed by atoms with Gasteiger partial charge in [0.1, 0.15) is 0 Å². The number of hydrogen-bond acceptors (Lipinski definition) is 5. The van der Waals surface area contributed by atoms with Gasteiger partial charge in [-0.25, -0.2) is 13.7 Å². The molecule has 0 aliphatic carbocycles. The van der Waals surface area contributed by atoms with E-state index in [4.69, 9.17) is 24.5 Å². The van der Waals surface area contributed by atoms with Gasteiger partial charge in [-0.2, -0.15) is 8.62 Å². The predicted octanol–water partition coefficient (Wildman–Crippen LogP) is -1.99. The summed E-state index contributed by atoms with van der Waals surface area (Å²) in [7, 11) is -16.2. The molecule has 0 heterocycles. The molecule has 5 N–H and O–H groups in total. The van der Waals surface area contributed by atoms with Crippen molar-refractivity contribution in [3.63, 3.8) is 0 Å². The van der Waals surface area contributed by atoms with Crippen LogP contribution in [0.1, 0.15) is 0 Å². The van der Waals surface area contributed by atoms with E-state index < -0.39 is 23.5 Å². The summed E-state index contributed by atoms with van der Waals surface area (Å²) in [6.45, 7) is 0. The number of hydrogen-bond donors (Lipinski definition) is 5. The summed E-state index contributed by atoms with van der Waals surface area (Å²) in [4.78, 5) is 40.2. The van der Waals surface area contributed by atoms with Crippen molar-refractivity contribution < 1.29 is 46.8 Å². The molecule has 0 saturated heterocycles. The molecule has 0 aliphatic heterocycles. The first-order chi connectivity index (χ1) is 5.41. The molecule has 0 bridgehead atoms. The fraction of sp³-hybridized carbons (Fsp3) is 0. The zero-order chi connectivity index (χ0) is 10.9. The van der Waals surface area contributed by atoms with Crippen molar-refractivity contribution in [2.75, 3.05) is 0 Å². The summed E-state index contributed by atoms with van der Waals surface area (Å²) in [6, 6.07) is 0. The molecular weight excluding hydrogens is 331 g/mol. The second-order valence-electron chi connectivity index (χ2n) is 1.61. The fourth-order valence-electron chi connectivity index (χ4n) is 0.284. The Morgan fingerprint density at radius 3 is 1.00 bits per heavy atom. The Morgan fingerprint density at radius 1 is 0.667 bits per heavy atom. The van der Waals surface area contributed by atoms with Crippen LogP contribution >= 0.6 is 23.5 Å². The molecule has 0 amide bonds. The molecule has 15 heteroatoms. The molecular formula is H7K2O10P3. The van der Waals surface area contributed by atoms with Crippen LogP contribution in [-0.2, 0) is 22.3 Å². The van der Waals surface area contributed by atoms with Gasteiger partial charge >= 0.3 is 126 Å². The normalized spacial score (nSPS) is 12.6. The molecule has 84 valence electrons. The first kappa shape index (κ1) is 23.8. The van der Waals surface area contributed by atoms with Crippen molar-refractivity contribution in [1.82, 2.24) is 0 Å². The quantitative estimate of drug-likeness (QED) is 0.285. The first-order valence-corrected chi connectivity index (χ1v) is 6.83. The average Bonchev–Trinajstić information content (AvgIpc) is 1.43. The SMILES string of the molecule is O=P(O)(O)OP(=O)(O)OP(=O)(O)O.[KH].[KH]. The summed E-state index contributed by atoms with van der Waals surface area (Å²) in [5, 5.41) is 0. The van der Waals surface area contributed by atoms with Gasteiger partial charge in [-0.05, 0) is 0 Å². The van der Waals surface area contributed by atoms with Crippen molar-refractivity contribution >= 4 is 126 Å². The molecule has 0 aliphatic rings. The molecule has 0 aromatic carbocycles. The van der Waals surface area contributed by atoms with Gasteiger partial charge in [0.05, 0.1) is 0 Å². The number of rotatable bonds is 4. The zero-order valence-electron chi connectivity index (χ0n) is 5.62. The van der Waals surface area contributed by atoms with Crippen LogP contribution in [0.15, 0.2) is 0 Å². The third-order valence-corrected chi connectivity index (χ3v) is 3.77. The van der Waals surface area contributed by atoms with Gasteiger partial charge in [-0.15, -0.1) is 0 Å². The molecule has 10 nitrogen and oxygen atoms in total. The molecule has 15 heavy (non-hydrogen) atoms. The minimum atomic E-state index is -5.46. The molecule has 0 atom stereocenters. The molecule has 0 fully saturated rings. The summed E-state index contributed by atoms with van der Waals surface area (Å²) in [5.41, 5.74) is 0. The summed E-state index contributed by atoms with van der Waals surface area (Å²) in [6.07, 6.45) is 0. The average molecular weight is 338 g/mol. The van der Waals surface area contributed by atoms with Gasteiger partial charge in [0.2, 0.25) is 0 Å². The zero-order valence-corrected chi connectivity index (χ0v) is 8.30. The molecule has 0 radical (unpaired) electrons. The van der Waals surface area contributed by atoms with E-state index in [9.17, 15) is 13.7 Å². The van der Waals surface area contributed by atoms with Gasteiger partial charge < -0.3 is 24.5 Å². The van der Waals surface area contributed by atoms with E-state index in [0.29, 0.717) is 0 Å². The van der Waals surface area contributed by atoms with Crippen molar-refractivity contribution in [3.8, 4) is 0 Å². The third-order valence-electron chi connectivity index (χ3n) is 0.419. The van der Waals surface area contributed by atoms with Gasteiger partial charge in [-0.3, -0.25) is 0 Å². The van der Waals surface area contributed by atoms with Crippen LogP contribution < -0.4 is 0 Å². The van der Waals surface area contributed by atoms with Crippen LogP contribution in [0, 0.1) is 0 Å². The Bertz CT molecular complexity index is 281. The molecule has 0 aromatic rings. The number of phosphoric acid groups is 3. The van der Waals surface area contributed by atoms with Crippen LogP contribution in [0.5, 0.6) is 0 Å². The van der Waals surface area contributed by atoms with Gasteiger partial charge in [-0.1, -0.05) is 0 Å². The van der Waals surface area contributed by atoms with Crippen molar-refractivity contribution in [2.45, 2.75) is 0 Å². The Balaban J connectivity index is -0.000000720. The van der Waals surface area contributed by atoms with E-state index >= 15 is 0 Å². The van der Waals surface area contributed by atoms with Crippen LogP contribution in [-0.4, -0.2) is 127 Å². The topological polar surface area (TPSA) is 171 Å². The van der Waals surface area contributed by atoms with Gasteiger partial charge in [0.25, 0.3) is 0 Å². The third kappa shape index (κ3) is 17.7. The first-order valence-electron chi connectivity index (χ1n) is 2.28. The van der Waals surface area contributed by atoms with Crippen LogP contribution in [0.4, 0.5) is 0 Å². The van der Waals surface area contributed by atoms with E-state index in [2.05, 4.69) is 8.62 Å². The van der Waals surface area contributed by atoms with Crippen molar-refractivity contribution in [2.24, 2.45) is 0 Å². The molecule has 0 rings (SSSR count). The second-order valence-corrected chi connectivity index (χ2v) is 5.82. The summed E-state index contributed by atoms with van der Waals surface area (Å²) in [5.74, 6) is 0. The Kier molecular flexibility index (Phi) is 13.9. The van der Waals surface area contributed by atoms with E-state index in [1.165, 1.54) is 0 Å². The van der Waals surface area contributed by atoms with Crippen LogP contribution in [0.2, 0.25) is 0 Å². The molecule has 0 spiro atoms. The Labute approximate surface area is 169 Å². The minimum absolute atomic E-state index is 0. The van der Waals surface area contributed by atoms with Gasteiger partial charge in [0.15, 0.2) is 0 Å². The van der Waals surface area contributed by atoms with Gasteiger partial charge in [0, 0.05) is 0 Å². The Hall–Kier alpha value is 3.68. The fourth-order valence-corrected chi connectivity index (χ4v) is 2.82.